The molecule has 1 saturated heterocycles. The number of carboxylic acid groups (broad SMARTS) is 1. The lowest BCUT2D eigenvalue weighted by Crippen LogP contribution is -2.65. The minimum absolute atomic E-state index is 0.00804. The molecule has 1 heterocycles. The van der Waals surface area contributed by atoms with E-state index in [-0.39, 0.29) is 41.1 Å². The van der Waals surface area contributed by atoms with Crippen LogP contribution in [0.25, 0.3) is 0 Å². The SMILES string of the molecule is C[C@H](CCC(O)(CO)C(C)(C)O)[C@H]1CC[C@@]2(C)[C@@H]3CC[C@H]4[C@](C)(C(=O)O)[C@@H](O[C@@H]5OC[C@@H](O)[C@H](O)[C@H]5O)C[C@H](O)[C@@]45C[C@@]35CC[C@]12C. The van der Waals surface area contributed by atoms with Gasteiger partial charge in [-0.25, -0.2) is 0 Å². The second-order valence-electron chi connectivity index (χ2n) is 18.0. The monoisotopic (exact) mass is 668 g/mol. The molecule has 1 unspecified atom stereocenters. The van der Waals surface area contributed by atoms with Gasteiger partial charge in [0.2, 0.25) is 0 Å². The lowest BCUT2D eigenvalue weighted by atomic mass is 9.41. The molecule has 0 aromatic rings. The van der Waals surface area contributed by atoms with Crippen LogP contribution >= 0.6 is 0 Å². The maximum Gasteiger partial charge on any atom is 0.312 e. The van der Waals surface area contributed by atoms with Gasteiger partial charge < -0.3 is 50.3 Å². The molecule has 47 heavy (non-hydrogen) atoms. The van der Waals surface area contributed by atoms with Gasteiger partial charge >= 0.3 is 5.97 Å². The molecule has 16 atom stereocenters. The van der Waals surface area contributed by atoms with Crippen LogP contribution in [-0.2, 0) is 14.3 Å². The van der Waals surface area contributed by atoms with Crippen LogP contribution in [0.15, 0.2) is 0 Å². The van der Waals surface area contributed by atoms with Gasteiger partial charge in [-0.1, -0.05) is 20.8 Å². The Morgan fingerprint density at radius 3 is 2.23 bits per heavy atom. The molecule has 5 aliphatic carbocycles. The van der Waals surface area contributed by atoms with E-state index in [4.69, 9.17) is 9.47 Å². The molecule has 2 spiro atoms. The summed E-state index contributed by atoms with van der Waals surface area (Å²) in [5.41, 5.74) is -5.04. The molecule has 6 fully saturated rings. The van der Waals surface area contributed by atoms with Crippen molar-refractivity contribution in [1.82, 2.24) is 0 Å². The molecular formula is C36H60O11. The molecule has 0 aromatic heterocycles. The Morgan fingerprint density at radius 1 is 0.957 bits per heavy atom. The minimum atomic E-state index is -1.57. The predicted molar refractivity (Wildman–Crippen MR) is 170 cm³/mol. The van der Waals surface area contributed by atoms with E-state index in [0.29, 0.717) is 31.1 Å². The Hall–Kier alpha value is -0.890. The third kappa shape index (κ3) is 4.66. The summed E-state index contributed by atoms with van der Waals surface area (Å²) in [7, 11) is 0. The highest BCUT2D eigenvalue weighted by atomic mass is 16.7. The number of carbonyl (C=O) groups is 1. The molecule has 11 nitrogen and oxygen atoms in total. The maximum absolute atomic E-state index is 13.2. The van der Waals surface area contributed by atoms with E-state index in [0.717, 1.165) is 38.5 Å². The van der Waals surface area contributed by atoms with E-state index < -0.39 is 71.4 Å². The first-order chi connectivity index (χ1) is 21.7. The average molecular weight is 669 g/mol. The fraction of sp³-hybridized carbons (Fsp3) is 0.972. The first kappa shape index (κ1) is 35.9. The first-order valence-corrected chi connectivity index (χ1v) is 18.0. The number of ether oxygens (including phenoxy) is 2. The van der Waals surface area contributed by atoms with Gasteiger partial charge in [-0.3, -0.25) is 4.79 Å². The zero-order valence-corrected chi connectivity index (χ0v) is 29.1. The van der Waals surface area contributed by atoms with Crippen LogP contribution < -0.4 is 0 Å². The highest BCUT2D eigenvalue weighted by Gasteiger charge is 2.86. The average Bonchev–Trinajstić information content (AvgIpc) is 3.62. The zero-order chi connectivity index (χ0) is 34.8. The van der Waals surface area contributed by atoms with Crippen LogP contribution in [-0.4, -0.2) is 108 Å². The fourth-order valence-corrected chi connectivity index (χ4v) is 12.8. The molecular weight excluding hydrogens is 608 g/mol. The van der Waals surface area contributed by atoms with E-state index in [2.05, 4.69) is 20.8 Å². The molecule has 0 aromatic carbocycles. The number of rotatable bonds is 9. The highest BCUT2D eigenvalue weighted by Crippen LogP contribution is 2.89. The van der Waals surface area contributed by atoms with Crippen LogP contribution in [0, 0.1) is 50.7 Å². The Balaban J connectivity index is 1.24. The van der Waals surface area contributed by atoms with Crippen LogP contribution in [0.4, 0.5) is 0 Å². The van der Waals surface area contributed by atoms with E-state index >= 15 is 0 Å². The number of aliphatic carboxylic acids is 1. The molecule has 6 aliphatic rings. The molecule has 0 radical (unpaired) electrons. The molecule has 0 bridgehead atoms. The standard InChI is InChI=1S/C36H60O11/c1-19(9-12-35(45,18-37)30(2,3)44)20-10-11-32(5)22-7-8-23-33(6,29(42)43)25(47-28-27(41)26(40)21(38)16-46-28)15-24(39)36(23)17-34(22,36)14-13-31(20,32)4/h19-28,37-41,44-45H,7-18H2,1-6H3,(H,42,43)/t19-,20-,21-,22+,23+,24+,25+,26+,27-,28+,31-,32+,33+,34+,35?,36-/m1/s1. The van der Waals surface area contributed by atoms with Crippen LogP contribution in [0.2, 0.25) is 0 Å². The van der Waals surface area contributed by atoms with E-state index in [1.165, 1.54) is 13.8 Å². The van der Waals surface area contributed by atoms with Gasteiger partial charge in [-0.15, -0.1) is 0 Å². The van der Waals surface area contributed by atoms with E-state index in [9.17, 15) is 45.6 Å². The van der Waals surface area contributed by atoms with Crippen molar-refractivity contribution in [3.8, 4) is 0 Å². The quantitative estimate of drug-likeness (QED) is 0.168. The second kappa shape index (κ2) is 11.3. The largest absolute Gasteiger partial charge is 0.481 e. The van der Waals surface area contributed by atoms with Gasteiger partial charge in [0.15, 0.2) is 6.29 Å². The summed E-state index contributed by atoms with van der Waals surface area (Å²) < 4.78 is 11.6. The first-order valence-electron chi connectivity index (χ1n) is 18.0. The van der Waals surface area contributed by atoms with Gasteiger partial charge in [0.25, 0.3) is 0 Å². The molecule has 0 amide bonds. The number of hydrogen-bond donors (Lipinski definition) is 8. The van der Waals surface area contributed by atoms with Gasteiger partial charge in [0, 0.05) is 11.8 Å². The smallest absolute Gasteiger partial charge is 0.312 e. The van der Waals surface area contributed by atoms with Crippen LogP contribution in [0.3, 0.4) is 0 Å². The lowest BCUT2D eigenvalue weighted by Gasteiger charge is -2.64. The number of hydrogen-bond acceptors (Lipinski definition) is 10. The van der Waals surface area contributed by atoms with Crippen molar-refractivity contribution < 1.29 is 55.1 Å². The summed E-state index contributed by atoms with van der Waals surface area (Å²) in [6.07, 6.45) is -0.00247. The van der Waals surface area contributed by atoms with Crippen molar-refractivity contribution in [3.05, 3.63) is 0 Å². The number of aliphatic hydroxyl groups excluding tert-OH is 5. The Morgan fingerprint density at radius 2 is 1.62 bits per heavy atom. The fourth-order valence-electron chi connectivity index (χ4n) is 12.8. The molecule has 5 saturated carbocycles. The predicted octanol–water partition coefficient (Wildman–Crippen LogP) is 2.20. The molecule has 1 aliphatic heterocycles. The van der Waals surface area contributed by atoms with Crippen molar-refractivity contribution in [3.63, 3.8) is 0 Å². The van der Waals surface area contributed by atoms with Crippen LogP contribution in [0.5, 0.6) is 0 Å². The summed E-state index contributed by atoms with van der Waals surface area (Å²) in [5, 5.41) is 85.1. The maximum atomic E-state index is 13.2. The number of carboxylic acids is 1. The second-order valence-corrected chi connectivity index (χ2v) is 18.0. The Kier molecular flexibility index (Phi) is 8.64. The summed E-state index contributed by atoms with van der Waals surface area (Å²) in [6, 6.07) is 0. The van der Waals surface area contributed by atoms with Crippen molar-refractivity contribution in [2.24, 2.45) is 50.7 Å². The van der Waals surface area contributed by atoms with Gasteiger partial charge in [0.05, 0.1) is 36.4 Å². The van der Waals surface area contributed by atoms with Crippen molar-refractivity contribution in [2.45, 2.75) is 154 Å². The number of aliphatic hydroxyl groups is 7. The van der Waals surface area contributed by atoms with Crippen molar-refractivity contribution >= 4 is 5.97 Å². The van der Waals surface area contributed by atoms with E-state index in [1.807, 2.05) is 0 Å². The summed E-state index contributed by atoms with van der Waals surface area (Å²) in [6.45, 7) is 11.1. The number of fused-ring (bicyclic) bond motifs is 2. The van der Waals surface area contributed by atoms with Gasteiger partial charge in [-0.2, -0.15) is 0 Å². The third-order valence-electron chi connectivity index (χ3n) is 16.1. The third-order valence-corrected chi connectivity index (χ3v) is 16.1. The summed E-state index contributed by atoms with van der Waals surface area (Å²) in [4.78, 5) is 13.2. The minimum Gasteiger partial charge on any atom is -0.481 e. The molecule has 270 valence electrons. The van der Waals surface area contributed by atoms with Crippen molar-refractivity contribution in [2.75, 3.05) is 13.2 Å². The summed E-state index contributed by atoms with van der Waals surface area (Å²) in [5.74, 6) is -0.336. The van der Waals surface area contributed by atoms with E-state index in [1.54, 1.807) is 6.92 Å². The topological polar surface area (TPSA) is 197 Å². The van der Waals surface area contributed by atoms with Gasteiger partial charge in [-0.05, 0) is 118 Å². The molecule has 11 heteroatoms. The Labute approximate surface area is 278 Å². The van der Waals surface area contributed by atoms with Gasteiger partial charge in [0.1, 0.15) is 23.9 Å². The lowest BCUT2D eigenvalue weighted by molar-refractivity contribution is -0.309. The highest BCUT2D eigenvalue weighted by molar-refractivity contribution is 5.76. The normalized spacial score (nSPS) is 52.7. The molecule has 8 N–H and O–H groups in total. The summed E-state index contributed by atoms with van der Waals surface area (Å²) >= 11 is 0. The Bertz CT molecular complexity index is 1220. The van der Waals surface area contributed by atoms with Crippen LogP contribution in [0.1, 0.15) is 106 Å². The van der Waals surface area contributed by atoms with Crippen molar-refractivity contribution in [1.29, 1.82) is 0 Å². The molecule has 6 rings (SSSR count). The zero-order valence-electron chi connectivity index (χ0n) is 29.1.